The molecule has 90 valence electrons. The molecule has 1 aromatic rings. The molecule has 5 heteroatoms. The van der Waals surface area contributed by atoms with Crippen molar-refractivity contribution >= 4 is 17.6 Å². The van der Waals surface area contributed by atoms with Crippen LogP contribution in [-0.2, 0) is 16.0 Å². The van der Waals surface area contributed by atoms with Gasteiger partial charge in [-0.15, -0.1) is 0 Å². The highest BCUT2D eigenvalue weighted by atomic mass is 35.5. The summed E-state index contributed by atoms with van der Waals surface area (Å²) in [6, 6.07) is 5.35. The van der Waals surface area contributed by atoms with Crippen molar-refractivity contribution in [3.05, 3.63) is 29.0 Å². The fourth-order valence-corrected chi connectivity index (χ4v) is 1.60. The van der Waals surface area contributed by atoms with E-state index in [4.69, 9.17) is 21.6 Å². The number of carbonyl (C=O) groups is 1. The van der Waals surface area contributed by atoms with E-state index in [1.165, 1.54) is 0 Å². The zero-order chi connectivity index (χ0) is 12.9. The molecule has 0 amide bonds. The van der Waals surface area contributed by atoms with E-state index in [1.807, 2.05) is 6.07 Å². The largest absolute Gasteiger partial charge is 0.465 e. The van der Waals surface area contributed by atoms with Gasteiger partial charge >= 0.3 is 5.97 Å². The number of hydrogen-bond acceptors (Lipinski definition) is 4. The number of ether oxygens (including phenoxy) is 1. The lowest BCUT2D eigenvalue weighted by Crippen LogP contribution is -2.30. The minimum absolute atomic E-state index is 0.255. The quantitative estimate of drug-likeness (QED) is 0.610. The monoisotopic (exact) mass is 252 g/mol. The SMILES string of the molecule is CCOC(=O)C(C)(C#N)Cc1ccnc(Cl)c1. The maximum absolute atomic E-state index is 11.7. The molecule has 1 heterocycles. The Morgan fingerprint density at radius 3 is 2.94 bits per heavy atom. The van der Waals surface area contributed by atoms with Crippen LogP contribution in [0.1, 0.15) is 19.4 Å². The number of pyridine rings is 1. The normalized spacial score (nSPS) is 13.5. The molecule has 1 rings (SSSR count). The van der Waals surface area contributed by atoms with Gasteiger partial charge in [0, 0.05) is 12.6 Å². The minimum Gasteiger partial charge on any atom is -0.465 e. The number of carbonyl (C=O) groups excluding carboxylic acids is 1. The Balaban J connectivity index is 2.90. The van der Waals surface area contributed by atoms with Gasteiger partial charge in [-0.25, -0.2) is 4.98 Å². The summed E-state index contributed by atoms with van der Waals surface area (Å²) in [6.45, 7) is 3.52. The van der Waals surface area contributed by atoms with Crippen molar-refractivity contribution in [3.63, 3.8) is 0 Å². The molecule has 0 saturated carbocycles. The topological polar surface area (TPSA) is 63.0 Å². The van der Waals surface area contributed by atoms with Crippen LogP contribution < -0.4 is 0 Å². The fraction of sp³-hybridized carbons (Fsp3) is 0.417. The zero-order valence-corrected chi connectivity index (χ0v) is 10.5. The van der Waals surface area contributed by atoms with E-state index in [0.29, 0.717) is 5.15 Å². The zero-order valence-electron chi connectivity index (χ0n) is 9.74. The van der Waals surface area contributed by atoms with Crippen molar-refractivity contribution < 1.29 is 9.53 Å². The van der Waals surface area contributed by atoms with E-state index in [9.17, 15) is 4.79 Å². The summed E-state index contributed by atoms with van der Waals surface area (Å²) in [6.07, 6.45) is 1.80. The van der Waals surface area contributed by atoms with Crippen LogP contribution in [0.5, 0.6) is 0 Å². The van der Waals surface area contributed by atoms with Crippen molar-refractivity contribution in [2.75, 3.05) is 6.61 Å². The smallest absolute Gasteiger partial charge is 0.326 e. The summed E-state index contributed by atoms with van der Waals surface area (Å²) in [7, 11) is 0. The van der Waals surface area contributed by atoms with E-state index in [1.54, 1.807) is 32.2 Å². The Kier molecular flexibility index (Phi) is 4.47. The maximum Gasteiger partial charge on any atom is 0.326 e. The van der Waals surface area contributed by atoms with Gasteiger partial charge in [-0.3, -0.25) is 4.79 Å². The number of rotatable bonds is 4. The van der Waals surface area contributed by atoms with E-state index >= 15 is 0 Å². The number of hydrogen-bond donors (Lipinski definition) is 0. The maximum atomic E-state index is 11.7. The second-order valence-electron chi connectivity index (χ2n) is 3.83. The van der Waals surface area contributed by atoms with Crippen LogP contribution in [0.2, 0.25) is 5.15 Å². The Hall–Kier alpha value is -1.60. The summed E-state index contributed by atoms with van der Waals surface area (Å²) in [5.41, 5.74) is -0.414. The van der Waals surface area contributed by atoms with Crippen LogP contribution >= 0.6 is 11.6 Å². The van der Waals surface area contributed by atoms with Crippen LogP contribution in [0.15, 0.2) is 18.3 Å². The lowest BCUT2D eigenvalue weighted by atomic mass is 9.85. The molecule has 0 aliphatic carbocycles. The lowest BCUT2D eigenvalue weighted by molar-refractivity contribution is -0.151. The molecular formula is C12H13ClN2O2. The standard InChI is InChI=1S/C12H13ClN2O2/c1-3-17-11(16)12(2,8-14)7-9-4-5-15-10(13)6-9/h4-6H,3,7H2,1-2H3. The minimum atomic E-state index is -1.19. The number of halogens is 1. The van der Waals surface area contributed by atoms with Gasteiger partial charge in [0.15, 0.2) is 5.41 Å². The second kappa shape index (κ2) is 5.65. The molecule has 1 atom stereocenters. The summed E-state index contributed by atoms with van der Waals surface area (Å²) >= 11 is 5.75. The van der Waals surface area contributed by atoms with Gasteiger partial charge in [-0.2, -0.15) is 5.26 Å². The van der Waals surface area contributed by atoms with Crippen molar-refractivity contribution in [2.24, 2.45) is 5.41 Å². The van der Waals surface area contributed by atoms with Gasteiger partial charge in [0.25, 0.3) is 0 Å². The predicted molar refractivity (Wildman–Crippen MR) is 63.3 cm³/mol. The summed E-state index contributed by atoms with van der Waals surface area (Å²) in [5, 5.41) is 9.45. The van der Waals surface area contributed by atoms with E-state index in [-0.39, 0.29) is 13.0 Å². The second-order valence-corrected chi connectivity index (χ2v) is 4.22. The van der Waals surface area contributed by atoms with Crippen LogP contribution in [-0.4, -0.2) is 17.6 Å². The van der Waals surface area contributed by atoms with Crippen LogP contribution in [0.25, 0.3) is 0 Å². The van der Waals surface area contributed by atoms with Crippen molar-refractivity contribution in [1.29, 1.82) is 5.26 Å². The van der Waals surface area contributed by atoms with E-state index in [0.717, 1.165) is 5.56 Å². The Bertz CT molecular complexity index is 456. The average Bonchev–Trinajstić information content (AvgIpc) is 2.29. The molecular weight excluding hydrogens is 240 g/mol. The summed E-state index contributed by atoms with van der Waals surface area (Å²) in [5.74, 6) is -0.518. The van der Waals surface area contributed by atoms with Crippen LogP contribution in [0.3, 0.4) is 0 Å². The highest BCUT2D eigenvalue weighted by Gasteiger charge is 2.35. The molecule has 0 fully saturated rings. The lowest BCUT2D eigenvalue weighted by Gasteiger charge is -2.19. The third-order valence-electron chi connectivity index (χ3n) is 2.32. The van der Waals surface area contributed by atoms with Crippen molar-refractivity contribution in [1.82, 2.24) is 4.98 Å². The molecule has 0 spiro atoms. The van der Waals surface area contributed by atoms with Crippen molar-refractivity contribution in [3.8, 4) is 6.07 Å². The first-order valence-electron chi connectivity index (χ1n) is 5.20. The molecule has 1 aromatic heterocycles. The first-order valence-corrected chi connectivity index (χ1v) is 5.58. The van der Waals surface area contributed by atoms with Crippen LogP contribution in [0.4, 0.5) is 0 Å². The molecule has 0 aliphatic heterocycles. The highest BCUT2D eigenvalue weighted by Crippen LogP contribution is 2.24. The van der Waals surface area contributed by atoms with Gasteiger partial charge in [-0.05, 0) is 31.5 Å². The third-order valence-corrected chi connectivity index (χ3v) is 2.53. The summed E-state index contributed by atoms with van der Waals surface area (Å²) in [4.78, 5) is 15.5. The van der Waals surface area contributed by atoms with E-state index < -0.39 is 11.4 Å². The predicted octanol–water partition coefficient (Wildman–Crippen LogP) is 2.37. The first kappa shape index (κ1) is 13.5. The molecule has 0 aromatic carbocycles. The third kappa shape index (κ3) is 3.43. The Morgan fingerprint density at radius 1 is 1.71 bits per heavy atom. The molecule has 0 bridgehead atoms. The van der Waals surface area contributed by atoms with Gasteiger partial charge < -0.3 is 4.74 Å². The number of nitriles is 1. The van der Waals surface area contributed by atoms with Gasteiger partial charge in [0.2, 0.25) is 0 Å². The highest BCUT2D eigenvalue weighted by molar-refractivity contribution is 6.29. The van der Waals surface area contributed by atoms with Crippen molar-refractivity contribution in [2.45, 2.75) is 20.3 Å². The van der Waals surface area contributed by atoms with E-state index in [2.05, 4.69) is 4.98 Å². The number of aromatic nitrogens is 1. The number of nitrogens with zero attached hydrogens (tertiary/aromatic N) is 2. The average molecular weight is 253 g/mol. The molecule has 0 aliphatic rings. The molecule has 4 nitrogen and oxygen atoms in total. The summed E-state index contributed by atoms with van der Waals surface area (Å²) < 4.78 is 4.89. The first-order chi connectivity index (χ1) is 8.01. The molecule has 1 unspecified atom stereocenters. The van der Waals surface area contributed by atoms with Gasteiger partial charge in [0.1, 0.15) is 5.15 Å². The Morgan fingerprint density at radius 2 is 2.41 bits per heavy atom. The molecule has 0 saturated heterocycles. The molecule has 0 N–H and O–H groups in total. The van der Waals surface area contributed by atoms with Gasteiger partial charge in [0.05, 0.1) is 12.7 Å². The van der Waals surface area contributed by atoms with Crippen LogP contribution in [0, 0.1) is 16.7 Å². The molecule has 17 heavy (non-hydrogen) atoms. The van der Waals surface area contributed by atoms with Gasteiger partial charge in [-0.1, -0.05) is 11.6 Å². The number of esters is 1. The fourth-order valence-electron chi connectivity index (χ4n) is 1.41. The molecule has 0 radical (unpaired) electrons. The Labute approximate surface area is 105 Å².